The van der Waals surface area contributed by atoms with Crippen LogP contribution in [0.25, 0.3) is 0 Å². The van der Waals surface area contributed by atoms with E-state index in [0.717, 1.165) is 6.08 Å². The second-order valence-electron chi connectivity index (χ2n) is 5.02. The van der Waals surface area contributed by atoms with Crippen LogP contribution in [0.1, 0.15) is 13.3 Å². The number of carboxylic acids is 1. The topological polar surface area (TPSA) is 83.5 Å². The molecule has 6 nitrogen and oxygen atoms in total. The standard InChI is InChI=1S/C12H18NO5/c1-9(5-6-14)12(17)18-10(7-11(15)16)8-13(2,3)4/h5,10H,7-8H2,1-4H3/b9-5+. The molecule has 0 aliphatic heterocycles. The maximum Gasteiger partial charge on any atom is 0.334 e. The fourth-order valence-electron chi connectivity index (χ4n) is 1.33. The number of esters is 1. The largest absolute Gasteiger partial charge is 0.550 e. The molecule has 0 saturated carbocycles. The molecule has 0 amide bonds. The van der Waals surface area contributed by atoms with E-state index in [1.807, 2.05) is 21.1 Å². The Bertz CT molecular complexity index is 354. The van der Waals surface area contributed by atoms with Gasteiger partial charge in [-0.15, -0.1) is 0 Å². The zero-order valence-corrected chi connectivity index (χ0v) is 11.1. The molecule has 0 aromatic carbocycles. The van der Waals surface area contributed by atoms with E-state index >= 15 is 0 Å². The molecular weight excluding hydrogens is 238 g/mol. The van der Waals surface area contributed by atoms with Gasteiger partial charge in [0.2, 0.25) is 6.29 Å². The van der Waals surface area contributed by atoms with Crippen LogP contribution in [0.4, 0.5) is 0 Å². The minimum atomic E-state index is -1.29. The first kappa shape index (κ1) is 16.3. The van der Waals surface area contributed by atoms with Crippen LogP contribution < -0.4 is 5.11 Å². The van der Waals surface area contributed by atoms with E-state index in [-0.39, 0.29) is 12.0 Å². The lowest BCUT2D eigenvalue weighted by atomic mass is 10.2. The van der Waals surface area contributed by atoms with Crippen molar-refractivity contribution in [3.05, 3.63) is 11.6 Å². The first-order valence-corrected chi connectivity index (χ1v) is 5.41. The molecule has 0 aromatic heterocycles. The summed E-state index contributed by atoms with van der Waals surface area (Å²) in [5.41, 5.74) is 0.0785. The van der Waals surface area contributed by atoms with Crippen molar-refractivity contribution in [3.8, 4) is 0 Å². The maximum atomic E-state index is 11.5. The number of carboxylic acid groups (broad SMARTS) is 1. The Balaban J connectivity index is 4.68. The van der Waals surface area contributed by atoms with Gasteiger partial charge in [0.25, 0.3) is 0 Å². The SMILES string of the molecule is C/C(=C\[C]=O)C(=O)OC(CC(=O)[O-])C[N+](C)(C)C. The van der Waals surface area contributed by atoms with Crippen LogP contribution in [-0.2, 0) is 19.1 Å². The number of carbonyl (C=O) groups excluding carboxylic acids is 3. The van der Waals surface area contributed by atoms with E-state index in [1.165, 1.54) is 13.2 Å². The van der Waals surface area contributed by atoms with Crippen molar-refractivity contribution in [3.63, 3.8) is 0 Å². The number of ether oxygens (including phenoxy) is 1. The van der Waals surface area contributed by atoms with E-state index in [2.05, 4.69) is 0 Å². The minimum absolute atomic E-state index is 0.0785. The molecular formula is C12H18NO5. The molecule has 1 atom stereocenters. The zero-order valence-electron chi connectivity index (χ0n) is 11.1. The van der Waals surface area contributed by atoms with Gasteiger partial charge in [0, 0.05) is 18.0 Å². The third-order valence-electron chi connectivity index (χ3n) is 2.02. The highest BCUT2D eigenvalue weighted by Gasteiger charge is 2.22. The van der Waals surface area contributed by atoms with Crippen LogP contribution in [0.2, 0.25) is 0 Å². The second kappa shape index (κ2) is 6.90. The Morgan fingerprint density at radius 3 is 2.33 bits per heavy atom. The van der Waals surface area contributed by atoms with Gasteiger partial charge in [-0.2, -0.15) is 0 Å². The summed E-state index contributed by atoms with van der Waals surface area (Å²) in [6, 6.07) is 0. The molecule has 0 spiro atoms. The predicted molar refractivity (Wildman–Crippen MR) is 61.9 cm³/mol. The van der Waals surface area contributed by atoms with Gasteiger partial charge in [-0.3, -0.25) is 4.79 Å². The lowest BCUT2D eigenvalue weighted by molar-refractivity contribution is -0.873. The Morgan fingerprint density at radius 1 is 1.39 bits per heavy atom. The normalized spacial score (nSPS) is 13.9. The van der Waals surface area contributed by atoms with Gasteiger partial charge >= 0.3 is 5.97 Å². The van der Waals surface area contributed by atoms with Gasteiger partial charge in [-0.1, -0.05) is 0 Å². The first-order chi connectivity index (χ1) is 8.15. The average Bonchev–Trinajstić information content (AvgIpc) is 2.13. The number of aliphatic carboxylic acids is 1. The van der Waals surface area contributed by atoms with Gasteiger partial charge in [-0.05, 0) is 13.0 Å². The average molecular weight is 256 g/mol. The van der Waals surface area contributed by atoms with Crippen molar-refractivity contribution < 1.29 is 28.7 Å². The molecule has 0 aliphatic rings. The maximum absolute atomic E-state index is 11.5. The first-order valence-electron chi connectivity index (χ1n) is 5.41. The molecule has 18 heavy (non-hydrogen) atoms. The molecule has 0 saturated heterocycles. The fraction of sp³-hybridized carbons (Fsp3) is 0.583. The molecule has 0 bridgehead atoms. The van der Waals surface area contributed by atoms with E-state index in [4.69, 9.17) is 4.74 Å². The molecule has 0 rings (SSSR count). The molecule has 101 valence electrons. The second-order valence-corrected chi connectivity index (χ2v) is 5.02. The third-order valence-corrected chi connectivity index (χ3v) is 2.02. The van der Waals surface area contributed by atoms with Crippen molar-refractivity contribution in [2.75, 3.05) is 27.7 Å². The highest BCUT2D eigenvalue weighted by molar-refractivity contribution is 5.92. The van der Waals surface area contributed by atoms with Gasteiger partial charge in [0.1, 0.15) is 6.54 Å². The van der Waals surface area contributed by atoms with E-state index in [9.17, 15) is 19.5 Å². The van der Waals surface area contributed by atoms with Crippen LogP contribution in [0.3, 0.4) is 0 Å². The van der Waals surface area contributed by atoms with Gasteiger partial charge < -0.3 is 19.1 Å². The summed E-state index contributed by atoms with van der Waals surface area (Å²) in [4.78, 5) is 32.2. The number of hydrogen-bond donors (Lipinski definition) is 0. The molecule has 0 fully saturated rings. The Hall–Kier alpha value is -1.69. The summed E-state index contributed by atoms with van der Waals surface area (Å²) in [6.45, 7) is 1.73. The van der Waals surface area contributed by atoms with Crippen molar-refractivity contribution in [2.24, 2.45) is 0 Å². The van der Waals surface area contributed by atoms with Crippen LogP contribution in [0.5, 0.6) is 0 Å². The Kier molecular flexibility index (Phi) is 6.26. The van der Waals surface area contributed by atoms with Crippen LogP contribution in [-0.4, -0.2) is 56.5 Å². The number of carbonyl (C=O) groups is 2. The predicted octanol–water partition coefficient (Wildman–Crippen LogP) is -1.20. The highest BCUT2D eigenvalue weighted by Crippen LogP contribution is 2.07. The summed E-state index contributed by atoms with van der Waals surface area (Å²) >= 11 is 0. The van der Waals surface area contributed by atoms with Crippen LogP contribution in [0, 0.1) is 0 Å². The molecule has 1 radical (unpaired) electrons. The van der Waals surface area contributed by atoms with Crippen molar-refractivity contribution in [2.45, 2.75) is 19.4 Å². The van der Waals surface area contributed by atoms with Crippen LogP contribution in [0.15, 0.2) is 11.6 Å². The van der Waals surface area contributed by atoms with Gasteiger partial charge in [0.15, 0.2) is 6.10 Å². The van der Waals surface area contributed by atoms with Gasteiger partial charge in [0.05, 0.1) is 21.1 Å². The number of allylic oxidation sites excluding steroid dienone is 1. The summed E-state index contributed by atoms with van der Waals surface area (Å²) in [6.07, 6.45) is 1.24. The lowest BCUT2D eigenvalue weighted by Gasteiger charge is -2.29. The zero-order chi connectivity index (χ0) is 14.3. The molecule has 0 heterocycles. The fourth-order valence-corrected chi connectivity index (χ4v) is 1.33. The van der Waals surface area contributed by atoms with Crippen molar-refractivity contribution in [1.29, 1.82) is 0 Å². The number of likely N-dealkylation sites (N-methyl/N-ethyl adjacent to an activating group) is 1. The summed E-state index contributed by atoms with van der Waals surface area (Å²) in [7, 11) is 5.54. The monoisotopic (exact) mass is 256 g/mol. The van der Waals surface area contributed by atoms with E-state index in [1.54, 1.807) is 0 Å². The Morgan fingerprint density at radius 2 is 1.94 bits per heavy atom. The quantitative estimate of drug-likeness (QED) is 0.324. The summed E-state index contributed by atoms with van der Waals surface area (Å²) in [5, 5.41) is 10.6. The number of rotatable bonds is 7. The molecule has 0 aliphatic carbocycles. The van der Waals surface area contributed by atoms with Crippen molar-refractivity contribution in [1.82, 2.24) is 0 Å². The van der Waals surface area contributed by atoms with E-state index in [0.29, 0.717) is 11.0 Å². The third kappa shape index (κ3) is 7.56. The molecule has 0 N–H and O–H groups in total. The number of hydrogen-bond acceptors (Lipinski definition) is 5. The Labute approximate surface area is 106 Å². The minimum Gasteiger partial charge on any atom is -0.550 e. The van der Waals surface area contributed by atoms with Gasteiger partial charge in [-0.25, -0.2) is 4.79 Å². The smallest absolute Gasteiger partial charge is 0.334 e. The number of quaternary nitrogens is 1. The summed E-state index contributed by atoms with van der Waals surface area (Å²) in [5.74, 6) is -2.01. The molecule has 0 aromatic rings. The van der Waals surface area contributed by atoms with Crippen molar-refractivity contribution >= 4 is 18.2 Å². The number of nitrogens with zero attached hydrogens (tertiary/aromatic N) is 1. The lowest BCUT2D eigenvalue weighted by Crippen LogP contribution is -2.45. The molecule has 6 heteroatoms. The highest BCUT2D eigenvalue weighted by atomic mass is 16.5. The van der Waals surface area contributed by atoms with E-state index < -0.39 is 18.0 Å². The van der Waals surface area contributed by atoms with Crippen LogP contribution >= 0.6 is 0 Å². The summed E-state index contributed by atoms with van der Waals surface area (Å²) < 4.78 is 5.47. The molecule has 1 unspecified atom stereocenters.